The van der Waals surface area contributed by atoms with E-state index in [2.05, 4.69) is 21.5 Å². The number of nitrogens with zero attached hydrogens (tertiary/aromatic N) is 4. The molecule has 0 unspecified atom stereocenters. The van der Waals surface area contributed by atoms with E-state index in [1.165, 1.54) is 11.8 Å². The van der Waals surface area contributed by atoms with Crippen LogP contribution in [0.2, 0.25) is 0 Å². The maximum absolute atomic E-state index is 8.94. The van der Waals surface area contributed by atoms with Crippen LogP contribution in [-0.2, 0) is 6.54 Å². The molecular weight excluding hydrogens is 290 g/mol. The second-order valence-electron chi connectivity index (χ2n) is 5.24. The zero-order valence-corrected chi connectivity index (χ0v) is 12.9. The molecule has 0 fully saturated rings. The minimum atomic E-state index is 0.482. The van der Waals surface area contributed by atoms with Crippen LogP contribution in [0.1, 0.15) is 16.7 Å². The molecule has 2 aromatic heterocycles. The van der Waals surface area contributed by atoms with E-state index in [0.717, 1.165) is 17.9 Å². The zero-order valence-electron chi connectivity index (χ0n) is 12.9. The SMILES string of the molecule is Cc1cccc(OCCNCc2cnc3c(C#N)cnn3c2)c1. The van der Waals surface area contributed by atoms with Crippen molar-refractivity contribution in [2.75, 3.05) is 13.2 Å². The molecular formula is C17H17N5O. The van der Waals surface area contributed by atoms with Crippen molar-refractivity contribution < 1.29 is 4.74 Å². The number of hydrogen-bond acceptors (Lipinski definition) is 5. The highest BCUT2D eigenvalue weighted by Gasteiger charge is 2.05. The van der Waals surface area contributed by atoms with E-state index in [1.54, 1.807) is 10.7 Å². The second kappa shape index (κ2) is 6.90. The summed E-state index contributed by atoms with van der Waals surface area (Å²) in [5.41, 5.74) is 3.25. The lowest BCUT2D eigenvalue weighted by molar-refractivity contribution is 0.313. The van der Waals surface area contributed by atoms with Gasteiger partial charge in [-0.1, -0.05) is 12.1 Å². The van der Waals surface area contributed by atoms with E-state index in [1.807, 2.05) is 37.4 Å². The minimum Gasteiger partial charge on any atom is -0.492 e. The third-order valence-corrected chi connectivity index (χ3v) is 3.40. The minimum absolute atomic E-state index is 0.482. The van der Waals surface area contributed by atoms with E-state index in [-0.39, 0.29) is 0 Å². The summed E-state index contributed by atoms with van der Waals surface area (Å²) in [6, 6.07) is 10.1. The quantitative estimate of drug-likeness (QED) is 0.706. The van der Waals surface area contributed by atoms with Crippen molar-refractivity contribution >= 4 is 5.65 Å². The smallest absolute Gasteiger partial charge is 0.172 e. The van der Waals surface area contributed by atoms with Crippen LogP contribution in [0.4, 0.5) is 0 Å². The van der Waals surface area contributed by atoms with Gasteiger partial charge in [0.15, 0.2) is 5.65 Å². The molecule has 0 saturated heterocycles. The monoisotopic (exact) mass is 307 g/mol. The highest BCUT2D eigenvalue weighted by atomic mass is 16.5. The molecule has 116 valence electrons. The van der Waals surface area contributed by atoms with E-state index < -0.39 is 0 Å². The summed E-state index contributed by atoms with van der Waals surface area (Å²) < 4.78 is 7.30. The van der Waals surface area contributed by atoms with Gasteiger partial charge < -0.3 is 10.1 Å². The Balaban J connectivity index is 1.48. The van der Waals surface area contributed by atoms with E-state index in [4.69, 9.17) is 10.00 Å². The van der Waals surface area contributed by atoms with Gasteiger partial charge in [0.25, 0.3) is 0 Å². The van der Waals surface area contributed by atoms with Gasteiger partial charge in [-0.3, -0.25) is 0 Å². The van der Waals surface area contributed by atoms with Crippen molar-refractivity contribution in [2.45, 2.75) is 13.5 Å². The number of ether oxygens (including phenoxy) is 1. The summed E-state index contributed by atoms with van der Waals surface area (Å²) in [4.78, 5) is 4.27. The molecule has 1 aromatic carbocycles. The molecule has 2 heterocycles. The molecule has 0 aliphatic rings. The highest BCUT2D eigenvalue weighted by Crippen LogP contribution is 2.11. The Morgan fingerprint density at radius 1 is 1.35 bits per heavy atom. The number of fused-ring (bicyclic) bond motifs is 1. The lowest BCUT2D eigenvalue weighted by Gasteiger charge is -2.08. The molecule has 6 nitrogen and oxygen atoms in total. The van der Waals surface area contributed by atoms with Gasteiger partial charge in [0.05, 0.1) is 6.20 Å². The molecule has 0 aliphatic carbocycles. The molecule has 0 saturated carbocycles. The number of aryl methyl sites for hydroxylation is 1. The highest BCUT2D eigenvalue weighted by molar-refractivity contribution is 5.53. The number of nitriles is 1. The lowest BCUT2D eigenvalue weighted by Crippen LogP contribution is -2.21. The van der Waals surface area contributed by atoms with Crippen LogP contribution in [0.25, 0.3) is 5.65 Å². The van der Waals surface area contributed by atoms with Crippen molar-refractivity contribution in [3.8, 4) is 11.8 Å². The first-order valence-electron chi connectivity index (χ1n) is 7.39. The molecule has 0 amide bonds. The fourth-order valence-electron chi connectivity index (χ4n) is 2.26. The first-order valence-corrected chi connectivity index (χ1v) is 7.39. The summed E-state index contributed by atoms with van der Waals surface area (Å²) in [7, 11) is 0. The second-order valence-corrected chi connectivity index (χ2v) is 5.24. The van der Waals surface area contributed by atoms with Crippen molar-refractivity contribution in [3.05, 3.63) is 59.5 Å². The largest absolute Gasteiger partial charge is 0.492 e. The van der Waals surface area contributed by atoms with Crippen molar-refractivity contribution in [1.82, 2.24) is 19.9 Å². The Morgan fingerprint density at radius 3 is 3.09 bits per heavy atom. The Labute approximate surface area is 134 Å². The Bertz CT molecular complexity index is 850. The number of nitrogens with one attached hydrogen (secondary N) is 1. The van der Waals surface area contributed by atoms with Gasteiger partial charge in [-0.05, 0) is 24.6 Å². The molecule has 3 aromatic rings. The molecule has 3 rings (SSSR count). The zero-order chi connectivity index (χ0) is 16.1. The first kappa shape index (κ1) is 15.0. The van der Waals surface area contributed by atoms with Gasteiger partial charge in [0, 0.05) is 31.0 Å². The van der Waals surface area contributed by atoms with E-state index >= 15 is 0 Å². The van der Waals surface area contributed by atoms with Crippen LogP contribution in [0.15, 0.2) is 42.9 Å². The van der Waals surface area contributed by atoms with Crippen LogP contribution in [0, 0.1) is 18.3 Å². The molecule has 6 heteroatoms. The maximum atomic E-state index is 8.94. The van der Waals surface area contributed by atoms with Crippen LogP contribution >= 0.6 is 0 Å². The summed E-state index contributed by atoms with van der Waals surface area (Å²) in [5, 5.41) is 16.4. The van der Waals surface area contributed by atoms with Gasteiger partial charge >= 0.3 is 0 Å². The maximum Gasteiger partial charge on any atom is 0.172 e. The molecule has 0 bridgehead atoms. The molecule has 23 heavy (non-hydrogen) atoms. The van der Waals surface area contributed by atoms with Crippen molar-refractivity contribution in [1.29, 1.82) is 5.26 Å². The van der Waals surface area contributed by atoms with Gasteiger partial charge in [-0.25, -0.2) is 9.50 Å². The average molecular weight is 307 g/mol. The molecule has 0 aliphatic heterocycles. The summed E-state index contributed by atoms with van der Waals surface area (Å²) in [6.45, 7) is 4.04. The van der Waals surface area contributed by atoms with Crippen LogP contribution in [0.5, 0.6) is 5.75 Å². The molecule has 0 atom stereocenters. The van der Waals surface area contributed by atoms with E-state index in [9.17, 15) is 0 Å². The standard InChI is InChI=1S/C17H17N5O/c1-13-3-2-4-16(7-13)23-6-5-19-9-14-10-20-17-15(8-18)11-21-22(17)12-14/h2-4,7,10-12,19H,5-6,9H2,1H3. The van der Waals surface area contributed by atoms with Crippen LogP contribution in [-0.4, -0.2) is 27.7 Å². The van der Waals surface area contributed by atoms with Crippen LogP contribution in [0.3, 0.4) is 0 Å². The fraction of sp³-hybridized carbons (Fsp3) is 0.235. The van der Waals surface area contributed by atoms with Gasteiger partial charge in [0.2, 0.25) is 0 Å². The number of benzene rings is 1. The molecule has 1 N–H and O–H groups in total. The normalized spacial score (nSPS) is 10.6. The predicted molar refractivity (Wildman–Crippen MR) is 86.1 cm³/mol. The summed E-state index contributed by atoms with van der Waals surface area (Å²) >= 11 is 0. The van der Waals surface area contributed by atoms with Crippen molar-refractivity contribution in [3.63, 3.8) is 0 Å². The molecule has 0 radical (unpaired) electrons. The third kappa shape index (κ3) is 3.65. The third-order valence-electron chi connectivity index (χ3n) is 3.40. The lowest BCUT2D eigenvalue weighted by atomic mass is 10.2. The van der Waals surface area contributed by atoms with E-state index in [0.29, 0.717) is 24.4 Å². The van der Waals surface area contributed by atoms with Gasteiger partial charge in [0.1, 0.15) is 24.0 Å². The van der Waals surface area contributed by atoms with Crippen molar-refractivity contribution in [2.24, 2.45) is 0 Å². The number of aromatic nitrogens is 3. The average Bonchev–Trinajstić information content (AvgIpc) is 2.97. The number of hydrogen-bond donors (Lipinski definition) is 1. The fourth-order valence-corrected chi connectivity index (χ4v) is 2.26. The summed E-state index contributed by atoms with van der Waals surface area (Å²) in [6.07, 6.45) is 5.15. The first-order chi connectivity index (χ1) is 11.3. The topological polar surface area (TPSA) is 75.2 Å². The predicted octanol–water partition coefficient (Wildman–Crippen LogP) is 2.08. The Morgan fingerprint density at radius 2 is 2.26 bits per heavy atom. The molecule has 0 spiro atoms. The van der Waals surface area contributed by atoms with Gasteiger partial charge in [-0.2, -0.15) is 10.4 Å². The van der Waals surface area contributed by atoms with Gasteiger partial charge in [-0.15, -0.1) is 0 Å². The Kier molecular flexibility index (Phi) is 4.50. The Hall–Kier alpha value is -2.91. The van der Waals surface area contributed by atoms with Crippen LogP contribution < -0.4 is 10.1 Å². The number of rotatable bonds is 6. The summed E-state index contributed by atoms with van der Waals surface area (Å²) in [5.74, 6) is 0.885.